The number of rotatable bonds is 4. The Morgan fingerprint density at radius 3 is 2.14 bits per heavy atom. The summed E-state index contributed by atoms with van der Waals surface area (Å²) in [5, 5.41) is 2.71. The van der Waals surface area contributed by atoms with E-state index >= 15 is 0 Å². The smallest absolute Gasteiger partial charge is 0.337 e. The minimum atomic E-state index is -0.457. The molecule has 0 aromatic heterocycles. The van der Waals surface area contributed by atoms with Crippen LogP contribution in [0.2, 0.25) is 0 Å². The highest BCUT2D eigenvalue weighted by molar-refractivity contribution is 6.05. The van der Waals surface area contributed by atoms with Crippen LogP contribution in [0.1, 0.15) is 38.0 Å². The lowest BCUT2D eigenvalue weighted by molar-refractivity contribution is 0.0600. The molecule has 0 spiro atoms. The van der Waals surface area contributed by atoms with Crippen LogP contribution in [-0.2, 0) is 4.74 Å². The first kappa shape index (κ1) is 15.4. The molecule has 0 heterocycles. The van der Waals surface area contributed by atoms with Gasteiger partial charge in [0.1, 0.15) is 0 Å². The van der Waals surface area contributed by atoms with Crippen molar-refractivity contribution in [3.8, 4) is 0 Å². The molecule has 0 saturated carbocycles. The van der Waals surface area contributed by atoms with Crippen molar-refractivity contribution in [3.63, 3.8) is 0 Å². The average molecular weight is 297 g/mol. The van der Waals surface area contributed by atoms with Crippen LogP contribution >= 0.6 is 0 Å². The Balaban J connectivity index is 2.13. The Hall–Kier alpha value is -2.95. The molecule has 5 heteroatoms. The monoisotopic (exact) mass is 297 g/mol. The molecule has 2 aromatic rings. The molecule has 5 nitrogen and oxygen atoms in total. The first-order chi connectivity index (χ1) is 10.5. The second-order valence-corrected chi connectivity index (χ2v) is 4.66. The summed E-state index contributed by atoms with van der Waals surface area (Å²) in [6, 6.07) is 12.8. The van der Waals surface area contributed by atoms with Crippen LogP contribution in [0, 0.1) is 0 Å². The van der Waals surface area contributed by atoms with Crippen LogP contribution in [0.3, 0.4) is 0 Å². The van der Waals surface area contributed by atoms with Crippen molar-refractivity contribution in [2.24, 2.45) is 0 Å². The molecule has 0 saturated heterocycles. The van der Waals surface area contributed by atoms with E-state index in [1.165, 1.54) is 38.3 Å². The second-order valence-electron chi connectivity index (χ2n) is 4.66. The quantitative estimate of drug-likeness (QED) is 0.695. The number of carbonyl (C=O) groups excluding carboxylic acids is 3. The number of hydrogen-bond acceptors (Lipinski definition) is 4. The maximum absolute atomic E-state index is 12.1. The molecule has 112 valence electrons. The number of anilines is 1. The molecule has 0 bridgehead atoms. The minimum absolute atomic E-state index is 0.0708. The number of hydrogen-bond donors (Lipinski definition) is 1. The Bertz CT molecular complexity index is 720. The molecule has 2 rings (SSSR count). The molecular formula is C17H15NO4. The van der Waals surface area contributed by atoms with Gasteiger partial charge in [-0.3, -0.25) is 9.59 Å². The second kappa shape index (κ2) is 6.67. The van der Waals surface area contributed by atoms with Gasteiger partial charge in [0.15, 0.2) is 5.78 Å². The predicted molar refractivity (Wildman–Crippen MR) is 82.2 cm³/mol. The normalized spacial score (nSPS) is 9.91. The van der Waals surface area contributed by atoms with Crippen LogP contribution in [0.25, 0.3) is 0 Å². The number of nitrogens with one attached hydrogen (secondary N) is 1. The van der Waals surface area contributed by atoms with E-state index in [-0.39, 0.29) is 11.7 Å². The van der Waals surface area contributed by atoms with E-state index in [0.29, 0.717) is 22.4 Å². The number of carbonyl (C=O) groups is 3. The number of ether oxygens (including phenoxy) is 1. The average Bonchev–Trinajstić information content (AvgIpc) is 2.54. The molecule has 0 aliphatic carbocycles. The maximum Gasteiger partial charge on any atom is 0.337 e. The molecule has 22 heavy (non-hydrogen) atoms. The van der Waals surface area contributed by atoms with Gasteiger partial charge in [0.25, 0.3) is 5.91 Å². The van der Waals surface area contributed by atoms with E-state index in [0.717, 1.165) is 0 Å². The van der Waals surface area contributed by atoms with E-state index < -0.39 is 5.97 Å². The number of amides is 1. The van der Waals surface area contributed by atoms with E-state index in [9.17, 15) is 14.4 Å². The van der Waals surface area contributed by atoms with Crippen LogP contribution in [-0.4, -0.2) is 24.8 Å². The molecule has 1 N–H and O–H groups in total. The van der Waals surface area contributed by atoms with E-state index in [4.69, 9.17) is 0 Å². The highest BCUT2D eigenvalue weighted by Gasteiger charge is 2.10. The number of esters is 1. The van der Waals surface area contributed by atoms with Crippen molar-refractivity contribution < 1.29 is 19.1 Å². The van der Waals surface area contributed by atoms with Gasteiger partial charge < -0.3 is 10.1 Å². The van der Waals surface area contributed by atoms with Crippen LogP contribution < -0.4 is 5.32 Å². The zero-order valence-electron chi connectivity index (χ0n) is 12.3. The number of methoxy groups -OCH3 is 1. The van der Waals surface area contributed by atoms with Crippen molar-refractivity contribution in [1.82, 2.24) is 0 Å². The third-order valence-electron chi connectivity index (χ3n) is 3.10. The van der Waals surface area contributed by atoms with Crippen LogP contribution in [0.4, 0.5) is 5.69 Å². The Morgan fingerprint density at radius 2 is 1.55 bits per heavy atom. The van der Waals surface area contributed by atoms with Gasteiger partial charge in [-0.2, -0.15) is 0 Å². The molecule has 0 unspecified atom stereocenters. The largest absolute Gasteiger partial charge is 0.465 e. The van der Waals surface area contributed by atoms with Crippen LogP contribution in [0.5, 0.6) is 0 Å². The summed E-state index contributed by atoms with van der Waals surface area (Å²) in [6.45, 7) is 1.46. The zero-order valence-corrected chi connectivity index (χ0v) is 12.3. The predicted octanol–water partition coefficient (Wildman–Crippen LogP) is 2.93. The fourth-order valence-corrected chi connectivity index (χ4v) is 1.89. The fraction of sp³-hybridized carbons (Fsp3) is 0.118. The Kier molecular flexibility index (Phi) is 4.68. The molecular weight excluding hydrogens is 282 g/mol. The van der Waals surface area contributed by atoms with E-state index in [1.54, 1.807) is 24.3 Å². The van der Waals surface area contributed by atoms with Gasteiger partial charge in [-0.15, -0.1) is 0 Å². The molecule has 0 aliphatic heterocycles. The standard InChI is InChI=1S/C17H15NO4/c1-11(19)14-4-3-5-15(10-14)18-16(20)12-6-8-13(9-7-12)17(21)22-2/h3-10H,1-2H3,(H,18,20). The number of Topliss-reactive ketones (excluding diaryl/α,β-unsaturated/α-hetero) is 1. The molecule has 0 atom stereocenters. The van der Waals surface area contributed by atoms with Crippen molar-refractivity contribution in [3.05, 3.63) is 65.2 Å². The molecule has 1 amide bonds. The van der Waals surface area contributed by atoms with Gasteiger partial charge in [0.05, 0.1) is 12.7 Å². The summed E-state index contributed by atoms with van der Waals surface area (Å²) in [5.74, 6) is -0.850. The molecule has 2 aromatic carbocycles. The van der Waals surface area contributed by atoms with Gasteiger partial charge in [0.2, 0.25) is 0 Å². The third-order valence-corrected chi connectivity index (χ3v) is 3.10. The topological polar surface area (TPSA) is 72.5 Å². The SMILES string of the molecule is COC(=O)c1ccc(C(=O)Nc2cccc(C(C)=O)c2)cc1. The first-order valence-electron chi connectivity index (χ1n) is 6.62. The summed E-state index contributed by atoms with van der Waals surface area (Å²) in [6.07, 6.45) is 0. The molecule has 0 aliphatic rings. The van der Waals surface area contributed by atoms with Gasteiger partial charge >= 0.3 is 5.97 Å². The highest BCUT2D eigenvalue weighted by atomic mass is 16.5. The maximum atomic E-state index is 12.1. The fourth-order valence-electron chi connectivity index (χ4n) is 1.89. The number of ketones is 1. The first-order valence-corrected chi connectivity index (χ1v) is 6.62. The van der Waals surface area contributed by atoms with Crippen molar-refractivity contribution >= 4 is 23.3 Å². The summed E-state index contributed by atoms with van der Waals surface area (Å²) in [4.78, 5) is 34.8. The lowest BCUT2D eigenvalue weighted by Gasteiger charge is -2.07. The summed E-state index contributed by atoms with van der Waals surface area (Å²) >= 11 is 0. The van der Waals surface area contributed by atoms with Gasteiger partial charge in [-0.25, -0.2) is 4.79 Å². The minimum Gasteiger partial charge on any atom is -0.465 e. The van der Waals surface area contributed by atoms with Gasteiger partial charge in [-0.05, 0) is 43.3 Å². The highest BCUT2D eigenvalue weighted by Crippen LogP contribution is 2.13. The molecule has 0 fully saturated rings. The Labute approximate surface area is 127 Å². The lowest BCUT2D eigenvalue weighted by Crippen LogP contribution is -2.12. The summed E-state index contributed by atoms with van der Waals surface area (Å²) in [5.41, 5.74) is 1.84. The lowest BCUT2D eigenvalue weighted by atomic mass is 10.1. The number of benzene rings is 2. The molecule has 0 radical (unpaired) electrons. The van der Waals surface area contributed by atoms with Crippen LogP contribution in [0.15, 0.2) is 48.5 Å². The van der Waals surface area contributed by atoms with Crippen molar-refractivity contribution in [2.75, 3.05) is 12.4 Å². The van der Waals surface area contributed by atoms with Crippen molar-refractivity contribution in [2.45, 2.75) is 6.92 Å². The van der Waals surface area contributed by atoms with Crippen molar-refractivity contribution in [1.29, 1.82) is 0 Å². The van der Waals surface area contributed by atoms with E-state index in [2.05, 4.69) is 10.1 Å². The van der Waals surface area contributed by atoms with E-state index in [1.807, 2.05) is 0 Å². The van der Waals surface area contributed by atoms with Gasteiger partial charge in [-0.1, -0.05) is 12.1 Å². The summed E-state index contributed by atoms with van der Waals surface area (Å²) in [7, 11) is 1.30. The van der Waals surface area contributed by atoms with Gasteiger partial charge in [0, 0.05) is 16.8 Å². The summed E-state index contributed by atoms with van der Waals surface area (Å²) < 4.78 is 4.60. The zero-order chi connectivity index (χ0) is 16.1. The third kappa shape index (κ3) is 3.58. The Morgan fingerprint density at radius 1 is 0.909 bits per heavy atom.